The molecule has 0 atom stereocenters. The summed E-state index contributed by atoms with van der Waals surface area (Å²) >= 11 is 0. The third-order valence-corrected chi connectivity index (χ3v) is 15.2. The summed E-state index contributed by atoms with van der Waals surface area (Å²) in [5, 5.41) is 3.27. The van der Waals surface area contributed by atoms with Gasteiger partial charge in [-0.1, -0.05) is 188 Å². The number of hydrogen-bond acceptors (Lipinski definition) is 5. The van der Waals surface area contributed by atoms with Crippen molar-refractivity contribution in [2.45, 2.75) is 6.92 Å². The van der Waals surface area contributed by atoms with Gasteiger partial charge in [0.2, 0.25) is 0 Å². The van der Waals surface area contributed by atoms with Crippen molar-refractivity contribution in [3.8, 4) is 78.1 Å². The normalized spacial score (nSPS) is 12.3. The molecule has 5 nitrogen and oxygen atoms in total. The zero-order valence-corrected chi connectivity index (χ0v) is 40.4. The summed E-state index contributed by atoms with van der Waals surface area (Å²) in [6.45, 7) is 2.20. The lowest BCUT2D eigenvalue weighted by molar-refractivity contribution is 0.670. The van der Waals surface area contributed by atoms with Gasteiger partial charge in [0.25, 0.3) is 0 Å². The van der Waals surface area contributed by atoms with E-state index in [-0.39, 0.29) is 0 Å². The van der Waals surface area contributed by atoms with Crippen molar-refractivity contribution in [2.24, 2.45) is 0 Å². The highest BCUT2D eigenvalue weighted by molar-refractivity contribution is 6.10. The smallest absolute Gasteiger partial charge is 0.160 e. The Hall–Kier alpha value is -9.84. The van der Waals surface area contributed by atoms with Gasteiger partial charge in [0.1, 0.15) is 11.2 Å². The van der Waals surface area contributed by atoms with Crippen LogP contribution in [-0.4, -0.2) is 9.97 Å². The molecule has 0 spiro atoms. The van der Waals surface area contributed by atoms with Gasteiger partial charge >= 0.3 is 0 Å². The van der Waals surface area contributed by atoms with Crippen molar-refractivity contribution in [3.63, 3.8) is 0 Å². The SMILES string of the molecule is Cc1c(-c2ncc3ccccc3n2)cccc1N1c2ccccc2-c2ccccc2-c2ccc(-c3ccc4c(c3)N(c3ccc(-c5cccc6c5oc5ccccc56)cc3)c3ccccc3-c3ccccc3-4)cc21. The van der Waals surface area contributed by atoms with E-state index >= 15 is 0 Å². The van der Waals surface area contributed by atoms with E-state index in [1.807, 2.05) is 30.5 Å². The van der Waals surface area contributed by atoms with Gasteiger partial charge in [-0.3, -0.25) is 0 Å². The lowest BCUT2D eigenvalue weighted by Gasteiger charge is -2.30. The first kappa shape index (κ1) is 41.9. The summed E-state index contributed by atoms with van der Waals surface area (Å²) in [6, 6.07) is 87.7. The van der Waals surface area contributed by atoms with Crippen LogP contribution >= 0.6 is 0 Å². The Morgan fingerprint density at radius 1 is 0.351 bits per heavy atom. The van der Waals surface area contributed by atoms with Crippen LogP contribution in [0.15, 0.2) is 253 Å². The van der Waals surface area contributed by atoms with Crippen LogP contribution in [0.5, 0.6) is 0 Å². The molecule has 0 saturated heterocycles. The first-order valence-corrected chi connectivity index (χ1v) is 25.2. The molecule has 0 saturated carbocycles. The van der Waals surface area contributed by atoms with Gasteiger partial charge in [0, 0.05) is 67.1 Å². The van der Waals surface area contributed by atoms with E-state index in [9.17, 15) is 0 Å². The van der Waals surface area contributed by atoms with Crippen LogP contribution in [-0.2, 0) is 0 Å². The predicted molar refractivity (Wildman–Crippen MR) is 306 cm³/mol. The molecule has 0 amide bonds. The zero-order valence-electron chi connectivity index (χ0n) is 40.4. The minimum Gasteiger partial charge on any atom is -0.455 e. The molecule has 0 unspecified atom stereocenters. The number of hydrogen-bond donors (Lipinski definition) is 0. The molecule has 0 N–H and O–H groups in total. The van der Waals surface area contributed by atoms with Gasteiger partial charge in [-0.25, -0.2) is 9.97 Å². The van der Waals surface area contributed by atoms with E-state index in [1.54, 1.807) is 0 Å². The fourth-order valence-electron chi connectivity index (χ4n) is 11.7. The second-order valence-electron chi connectivity index (χ2n) is 19.3. The number of rotatable bonds is 5. The van der Waals surface area contributed by atoms with Crippen LogP contribution in [0.25, 0.3) is 111 Å². The molecule has 2 aliphatic heterocycles. The quantitative estimate of drug-likeness (QED) is 0.172. The second-order valence-corrected chi connectivity index (χ2v) is 19.3. The van der Waals surface area contributed by atoms with Crippen LogP contribution in [0.1, 0.15) is 5.56 Å². The first-order valence-electron chi connectivity index (χ1n) is 25.2. The lowest BCUT2D eigenvalue weighted by Crippen LogP contribution is -2.13. The molecule has 11 aromatic carbocycles. The Morgan fingerprint density at radius 3 is 1.53 bits per heavy atom. The topological polar surface area (TPSA) is 45.4 Å². The van der Waals surface area contributed by atoms with E-state index in [0.717, 1.165) is 106 Å². The number of para-hydroxylation sites is 5. The average Bonchev–Trinajstić information content (AvgIpc) is 3.76. The summed E-state index contributed by atoms with van der Waals surface area (Å²) in [7, 11) is 0. The summed E-state index contributed by atoms with van der Waals surface area (Å²) in [6.07, 6.45) is 1.93. The van der Waals surface area contributed by atoms with Crippen molar-refractivity contribution in [3.05, 3.63) is 254 Å². The molecule has 74 heavy (non-hydrogen) atoms. The largest absolute Gasteiger partial charge is 0.455 e. The van der Waals surface area contributed by atoms with E-state index in [4.69, 9.17) is 14.4 Å². The number of benzene rings is 11. The number of furan rings is 1. The molecule has 5 heteroatoms. The van der Waals surface area contributed by atoms with Gasteiger partial charge < -0.3 is 14.2 Å². The van der Waals surface area contributed by atoms with Crippen molar-refractivity contribution >= 4 is 67.0 Å². The Kier molecular flexibility index (Phi) is 9.41. The Morgan fingerprint density at radius 2 is 0.838 bits per heavy atom. The Bertz CT molecular complexity index is 4420. The summed E-state index contributed by atoms with van der Waals surface area (Å²) < 4.78 is 6.52. The van der Waals surface area contributed by atoms with E-state index < -0.39 is 0 Å². The first-order chi connectivity index (χ1) is 36.6. The molecule has 13 aromatic rings. The fourth-order valence-corrected chi connectivity index (χ4v) is 11.7. The molecule has 2 aliphatic rings. The highest BCUT2D eigenvalue weighted by atomic mass is 16.3. The number of nitrogens with zero attached hydrogens (tertiary/aromatic N) is 4. The van der Waals surface area contributed by atoms with Crippen LogP contribution in [0.4, 0.5) is 34.1 Å². The van der Waals surface area contributed by atoms with Gasteiger partial charge in [0.05, 0.1) is 28.3 Å². The van der Waals surface area contributed by atoms with Crippen molar-refractivity contribution < 1.29 is 4.42 Å². The number of anilines is 6. The summed E-state index contributed by atoms with van der Waals surface area (Å²) in [4.78, 5) is 14.9. The van der Waals surface area contributed by atoms with Gasteiger partial charge in [0.15, 0.2) is 5.82 Å². The summed E-state index contributed by atoms with van der Waals surface area (Å²) in [5.74, 6) is 0.708. The van der Waals surface area contributed by atoms with Gasteiger partial charge in [-0.2, -0.15) is 0 Å². The maximum absolute atomic E-state index is 6.52. The third kappa shape index (κ3) is 6.50. The predicted octanol–water partition coefficient (Wildman–Crippen LogP) is 19.1. The van der Waals surface area contributed by atoms with Gasteiger partial charge in [-0.15, -0.1) is 0 Å². The van der Waals surface area contributed by atoms with Crippen LogP contribution in [0, 0.1) is 6.92 Å². The molecule has 15 rings (SSSR count). The summed E-state index contributed by atoms with van der Waals surface area (Å²) in [5.41, 5.74) is 25.2. The van der Waals surface area contributed by atoms with E-state index in [0.29, 0.717) is 5.82 Å². The van der Waals surface area contributed by atoms with Crippen molar-refractivity contribution in [1.29, 1.82) is 0 Å². The van der Waals surface area contributed by atoms with Crippen LogP contribution in [0.2, 0.25) is 0 Å². The third-order valence-electron chi connectivity index (χ3n) is 15.2. The molecule has 346 valence electrons. The molecule has 0 aliphatic carbocycles. The fraction of sp³-hybridized carbons (Fsp3) is 0.0145. The second kappa shape index (κ2) is 16.6. The number of aromatic nitrogens is 2. The molecular weight excluding hydrogens is 901 g/mol. The molecular formula is C69H44N4O. The van der Waals surface area contributed by atoms with Crippen molar-refractivity contribution in [1.82, 2.24) is 9.97 Å². The minimum atomic E-state index is 0.708. The van der Waals surface area contributed by atoms with Crippen LogP contribution < -0.4 is 9.80 Å². The van der Waals surface area contributed by atoms with Gasteiger partial charge in [-0.05, 0) is 106 Å². The molecule has 2 aromatic heterocycles. The molecule has 4 heterocycles. The molecule has 0 fully saturated rings. The monoisotopic (exact) mass is 944 g/mol. The number of fused-ring (bicyclic) bond motifs is 14. The standard InChI is InChI=1S/C69H44N4O/c1-43-49(69-70-42-47-16-2-10-27-61(47)71-69)24-15-30-62(43)73-64-29-12-8-22-56(64)52-18-4-6-20-54(52)58-39-35-46(41-66(58)73)45-34-38-57-53-19-5-3-17-51(53)55-21-7-11-28-63(55)72(65(57)40-45)48-36-32-44(33-37-48)50-25-14-26-60-59-23-9-13-31-67(59)74-68(50)60/h2-42H,1H3. The molecule has 0 bridgehead atoms. The lowest BCUT2D eigenvalue weighted by atomic mass is 9.91. The van der Waals surface area contributed by atoms with E-state index in [1.165, 1.54) is 38.9 Å². The Balaban J connectivity index is 0.914. The maximum Gasteiger partial charge on any atom is 0.160 e. The highest BCUT2D eigenvalue weighted by Crippen LogP contribution is 2.55. The minimum absolute atomic E-state index is 0.708. The van der Waals surface area contributed by atoms with E-state index in [2.05, 4.69) is 235 Å². The molecule has 0 radical (unpaired) electrons. The zero-order chi connectivity index (χ0) is 48.9. The van der Waals surface area contributed by atoms with Crippen LogP contribution in [0.3, 0.4) is 0 Å². The maximum atomic E-state index is 6.52. The van der Waals surface area contributed by atoms with Crippen molar-refractivity contribution in [2.75, 3.05) is 9.80 Å². The highest BCUT2D eigenvalue weighted by Gasteiger charge is 2.30. The Labute approximate surface area is 428 Å². The average molecular weight is 945 g/mol.